The summed E-state index contributed by atoms with van der Waals surface area (Å²) in [6.45, 7) is 0. The van der Waals surface area contributed by atoms with Crippen molar-refractivity contribution in [1.29, 1.82) is 0 Å². The van der Waals surface area contributed by atoms with E-state index in [1.165, 1.54) is 32.1 Å². The Morgan fingerprint density at radius 3 is 3.00 bits per heavy atom. The van der Waals surface area contributed by atoms with Crippen LogP contribution in [0.25, 0.3) is 0 Å². The van der Waals surface area contributed by atoms with Crippen LogP contribution in [-0.4, -0.2) is 20.9 Å². The quantitative estimate of drug-likeness (QED) is 0.497. The van der Waals surface area contributed by atoms with Gasteiger partial charge in [0.1, 0.15) is 0 Å². The van der Waals surface area contributed by atoms with Gasteiger partial charge < -0.3 is 0 Å². The Labute approximate surface area is 74.2 Å². The topological polar surface area (TPSA) is 0 Å². The van der Waals surface area contributed by atoms with Crippen LogP contribution in [0.3, 0.4) is 0 Å². The summed E-state index contributed by atoms with van der Waals surface area (Å²) < 4.78 is 1.02. The second-order valence-electron chi connectivity index (χ2n) is 2.84. The van der Waals surface area contributed by atoms with Gasteiger partial charge in [0.2, 0.25) is 0 Å². The van der Waals surface area contributed by atoms with Crippen molar-refractivity contribution < 1.29 is 0 Å². The van der Waals surface area contributed by atoms with Gasteiger partial charge in [-0.2, -0.15) is 0 Å². The maximum atomic E-state index is 2.47. The minimum absolute atomic E-state index is 0.313. The van der Waals surface area contributed by atoms with E-state index in [4.69, 9.17) is 0 Å². The van der Waals surface area contributed by atoms with Crippen molar-refractivity contribution in [2.24, 2.45) is 0 Å². The molecule has 0 radical (unpaired) electrons. The molecule has 1 rings (SSSR count). The number of hydrogen-bond donors (Lipinski definition) is 0. The molecule has 0 heterocycles. The first-order chi connectivity index (χ1) is 4.93. The molecule has 0 aromatic rings. The molecule has 0 aromatic heterocycles. The Morgan fingerprint density at radius 1 is 1.30 bits per heavy atom. The SMILES string of the molecule is C[Te]C1/C=C\CCCCC1. The molecular formula is C9H16Te. The molecule has 0 spiro atoms. The van der Waals surface area contributed by atoms with E-state index < -0.39 is 0 Å². The van der Waals surface area contributed by atoms with Crippen LogP contribution in [-0.2, 0) is 0 Å². The second-order valence-corrected chi connectivity index (χ2v) is 5.91. The first-order valence-electron chi connectivity index (χ1n) is 4.13. The molecule has 0 N–H and O–H groups in total. The molecule has 0 amide bonds. The third-order valence-corrected chi connectivity index (χ3v) is 4.86. The van der Waals surface area contributed by atoms with Crippen molar-refractivity contribution in [1.82, 2.24) is 0 Å². The molecule has 0 aliphatic heterocycles. The van der Waals surface area contributed by atoms with Crippen molar-refractivity contribution in [3.63, 3.8) is 0 Å². The summed E-state index contributed by atoms with van der Waals surface area (Å²) in [6, 6.07) is 0. The van der Waals surface area contributed by atoms with E-state index >= 15 is 0 Å². The third kappa shape index (κ3) is 3.08. The van der Waals surface area contributed by atoms with Gasteiger partial charge in [-0.25, -0.2) is 0 Å². The van der Waals surface area contributed by atoms with Gasteiger partial charge in [-0.15, -0.1) is 0 Å². The van der Waals surface area contributed by atoms with Crippen LogP contribution >= 0.6 is 0 Å². The van der Waals surface area contributed by atoms with Gasteiger partial charge in [0.15, 0.2) is 0 Å². The van der Waals surface area contributed by atoms with Crippen LogP contribution in [0.5, 0.6) is 0 Å². The van der Waals surface area contributed by atoms with Crippen LogP contribution in [0.4, 0.5) is 0 Å². The summed E-state index contributed by atoms with van der Waals surface area (Å²) in [7, 11) is 0. The minimum atomic E-state index is 0.313. The van der Waals surface area contributed by atoms with Crippen molar-refractivity contribution in [3.05, 3.63) is 12.2 Å². The van der Waals surface area contributed by atoms with Gasteiger partial charge in [-0.05, 0) is 0 Å². The van der Waals surface area contributed by atoms with Crippen LogP contribution in [0.1, 0.15) is 32.1 Å². The Kier molecular flexibility index (Phi) is 4.50. The van der Waals surface area contributed by atoms with Crippen LogP contribution in [0, 0.1) is 0 Å². The standard InChI is InChI=1S/C9H16Te/c1-10-9-7-5-3-2-4-6-8-9/h5,7,9H,2-4,6,8H2,1H3/b7-5-. The van der Waals surface area contributed by atoms with Gasteiger partial charge in [0.25, 0.3) is 0 Å². The maximum absolute atomic E-state index is 2.47. The fraction of sp³-hybridized carbons (Fsp3) is 0.778. The molecule has 0 aromatic carbocycles. The first kappa shape index (κ1) is 8.62. The van der Waals surface area contributed by atoms with Crippen molar-refractivity contribution in [2.45, 2.75) is 41.0 Å². The zero-order valence-electron chi connectivity index (χ0n) is 6.68. The third-order valence-electron chi connectivity index (χ3n) is 2.01. The molecule has 58 valence electrons. The Bertz CT molecular complexity index is 107. The molecule has 1 heteroatoms. The first-order valence-corrected chi connectivity index (χ1v) is 7.80. The summed E-state index contributed by atoms with van der Waals surface area (Å²) in [5.74, 6) is 0. The number of hydrogen-bond acceptors (Lipinski definition) is 0. The van der Waals surface area contributed by atoms with Gasteiger partial charge in [-0.3, -0.25) is 0 Å². The zero-order valence-corrected chi connectivity index (χ0v) is 9.01. The Morgan fingerprint density at radius 2 is 2.20 bits per heavy atom. The number of rotatable bonds is 1. The van der Waals surface area contributed by atoms with Gasteiger partial charge in [0, 0.05) is 0 Å². The van der Waals surface area contributed by atoms with E-state index in [0.29, 0.717) is 20.9 Å². The normalized spacial score (nSPS) is 30.7. The van der Waals surface area contributed by atoms with E-state index in [2.05, 4.69) is 17.1 Å². The van der Waals surface area contributed by atoms with E-state index in [-0.39, 0.29) is 0 Å². The van der Waals surface area contributed by atoms with Crippen LogP contribution in [0.15, 0.2) is 12.2 Å². The fourth-order valence-corrected chi connectivity index (χ4v) is 3.24. The van der Waals surface area contributed by atoms with E-state index in [1.54, 1.807) is 0 Å². The molecule has 1 aliphatic rings. The summed E-state index contributed by atoms with van der Waals surface area (Å²) in [4.78, 5) is 2.42. The predicted molar refractivity (Wildman–Crippen MR) is 47.6 cm³/mol. The van der Waals surface area contributed by atoms with E-state index in [9.17, 15) is 0 Å². The number of allylic oxidation sites excluding steroid dienone is 2. The molecule has 1 atom stereocenters. The van der Waals surface area contributed by atoms with Crippen LogP contribution in [0.2, 0.25) is 8.94 Å². The predicted octanol–water partition coefficient (Wildman–Crippen LogP) is 3.05. The summed E-state index contributed by atoms with van der Waals surface area (Å²) in [6.07, 6.45) is 12.1. The molecule has 0 bridgehead atoms. The van der Waals surface area contributed by atoms with E-state index in [0.717, 1.165) is 3.97 Å². The molecule has 10 heavy (non-hydrogen) atoms. The van der Waals surface area contributed by atoms with E-state index in [1.807, 2.05) is 0 Å². The summed E-state index contributed by atoms with van der Waals surface area (Å²) >= 11 is 0.313. The molecular weight excluding hydrogens is 236 g/mol. The molecule has 0 nitrogen and oxygen atoms in total. The molecule has 0 saturated heterocycles. The van der Waals surface area contributed by atoms with Gasteiger partial charge in [0.05, 0.1) is 0 Å². The molecule has 1 aliphatic carbocycles. The van der Waals surface area contributed by atoms with Gasteiger partial charge >= 0.3 is 74.1 Å². The fourth-order valence-electron chi connectivity index (χ4n) is 1.33. The van der Waals surface area contributed by atoms with Crippen molar-refractivity contribution >= 4 is 20.9 Å². The van der Waals surface area contributed by atoms with Gasteiger partial charge in [-0.1, -0.05) is 0 Å². The zero-order chi connectivity index (χ0) is 7.23. The van der Waals surface area contributed by atoms with Crippen LogP contribution < -0.4 is 0 Å². The summed E-state index contributed by atoms with van der Waals surface area (Å²) in [5.41, 5.74) is 0. The molecule has 1 unspecified atom stereocenters. The van der Waals surface area contributed by atoms with Crippen molar-refractivity contribution in [3.8, 4) is 0 Å². The average molecular weight is 252 g/mol. The Balaban J connectivity index is 2.33. The monoisotopic (exact) mass is 254 g/mol. The summed E-state index contributed by atoms with van der Waals surface area (Å²) in [5, 5.41) is 0. The average Bonchev–Trinajstić information content (AvgIpc) is 1.87. The second kappa shape index (κ2) is 5.22. The van der Waals surface area contributed by atoms with Crippen molar-refractivity contribution in [2.75, 3.05) is 0 Å². The Hall–Kier alpha value is 0.530. The molecule has 0 saturated carbocycles. The molecule has 0 fully saturated rings.